The zero-order chi connectivity index (χ0) is 29.2. The Kier molecular flexibility index (Phi) is 7.39. The number of ether oxygens (including phenoxy) is 1. The van der Waals surface area contributed by atoms with Crippen LogP contribution in [-0.2, 0) is 11.3 Å². The fourth-order valence-electron chi connectivity index (χ4n) is 5.16. The van der Waals surface area contributed by atoms with Crippen LogP contribution in [0.25, 0.3) is 11.3 Å². The maximum absolute atomic E-state index is 15.3. The number of aromatic nitrogens is 3. The zero-order valence-corrected chi connectivity index (χ0v) is 23.2. The van der Waals surface area contributed by atoms with Crippen molar-refractivity contribution in [3.63, 3.8) is 0 Å². The summed E-state index contributed by atoms with van der Waals surface area (Å²) in [4.78, 5) is 36.2. The number of nitrogens with one attached hydrogen (secondary N) is 3. The van der Waals surface area contributed by atoms with Crippen molar-refractivity contribution < 1.29 is 18.7 Å². The van der Waals surface area contributed by atoms with Crippen LogP contribution in [0.4, 0.5) is 15.9 Å². The molecule has 2 amide bonds. The zero-order valence-electron chi connectivity index (χ0n) is 23.2. The average Bonchev–Trinajstić information content (AvgIpc) is 3.13. The maximum Gasteiger partial charge on any atom is 0.269 e. The number of benzodiazepines with no additional fused rings is 1. The highest BCUT2D eigenvalue weighted by Crippen LogP contribution is 2.35. The van der Waals surface area contributed by atoms with Gasteiger partial charge in [0.1, 0.15) is 17.1 Å². The van der Waals surface area contributed by atoms with Gasteiger partial charge in [-0.3, -0.25) is 9.59 Å². The summed E-state index contributed by atoms with van der Waals surface area (Å²) in [6.45, 7) is 4.85. The van der Waals surface area contributed by atoms with Gasteiger partial charge in [0.2, 0.25) is 18.0 Å². The molecule has 0 spiro atoms. The van der Waals surface area contributed by atoms with E-state index in [1.807, 2.05) is 62.4 Å². The molecule has 0 radical (unpaired) electrons. The van der Waals surface area contributed by atoms with Crippen LogP contribution < -0.4 is 20.7 Å². The summed E-state index contributed by atoms with van der Waals surface area (Å²) in [6.07, 6.45) is 0.0524. The number of carbonyl (C=O) groups is 2. The van der Waals surface area contributed by atoms with Gasteiger partial charge in [-0.25, -0.2) is 14.7 Å². The Morgan fingerprint density at radius 2 is 1.88 bits per heavy atom. The fourth-order valence-corrected chi connectivity index (χ4v) is 5.16. The molecule has 1 unspecified atom stereocenters. The van der Waals surface area contributed by atoms with Gasteiger partial charge in [0, 0.05) is 24.2 Å². The van der Waals surface area contributed by atoms with Gasteiger partial charge in [-0.2, -0.15) is 9.49 Å². The molecule has 0 aliphatic carbocycles. The van der Waals surface area contributed by atoms with Crippen molar-refractivity contribution in [2.75, 3.05) is 17.2 Å². The number of aliphatic imine (C=N–C) groups is 1. The van der Waals surface area contributed by atoms with E-state index in [9.17, 15) is 9.59 Å². The van der Waals surface area contributed by atoms with Gasteiger partial charge in [0.05, 0.1) is 23.1 Å². The number of halogens is 1. The van der Waals surface area contributed by atoms with Crippen molar-refractivity contribution in [1.29, 1.82) is 0 Å². The molecular formula is C31H30FN7O3. The number of nitrogens with zero attached hydrogens (tertiary/aromatic N) is 4. The normalized spacial score (nSPS) is 17.9. The van der Waals surface area contributed by atoms with Crippen LogP contribution in [0, 0.1) is 5.95 Å². The molecule has 4 heterocycles. The molecule has 0 bridgehead atoms. The largest absolute Gasteiger partial charge is 0.474 e. The Bertz CT molecular complexity index is 1690. The highest BCUT2D eigenvalue weighted by atomic mass is 19.1. The van der Waals surface area contributed by atoms with Crippen molar-refractivity contribution in [2.24, 2.45) is 4.99 Å². The predicted octanol–water partition coefficient (Wildman–Crippen LogP) is 4.62. The standard InChI is InChI=1S/C31H30FN7O3/c1-3-33-23-16-15-21(27(32)35-23)26-24(31-39(38-26)17-9-10-18(2)42-31)29(40)37-28-30(41)34-22-14-8-7-13-20(22)25(36-28)19-11-5-4-6-12-19/h4-8,11-16,18,28H,3,9-10,17H2,1-2H3,(H,33,35)(H,34,41)(H,37,40)/t18?,28-/m1/s1. The molecule has 2 aromatic carbocycles. The third kappa shape index (κ3) is 5.20. The quantitative estimate of drug-likeness (QED) is 0.292. The SMILES string of the molecule is CCNc1ccc(-c2nn3c(c2C(=O)N[C@H]2N=C(c4ccccc4)c4ccccc4NC2=O)OC(C)CCC3)c(F)n1. The van der Waals surface area contributed by atoms with E-state index in [0.717, 1.165) is 24.0 Å². The summed E-state index contributed by atoms with van der Waals surface area (Å²) in [5, 5.41) is 13.2. The first kappa shape index (κ1) is 27.1. The number of hydrogen-bond acceptors (Lipinski definition) is 7. The molecule has 214 valence electrons. The van der Waals surface area contributed by atoms with Crippen molar-refractivity contribution in [3.8, 4) is 17.1 Å². The number of carbonyl (C=O) groups excluding carboxylic acids is 2. The number of aryl methyl sites for hydroxylation is 1. The van der Waals surface area contributed by atoms with Gasteiger partial charge in [-0.15, -0.1) is 0 Å². The molecule has 0 fully saturated rings. The minimum absolute atomic E-state index is 0.0201. The molecule has 2 aliphatic rings. The molecule has 10 nitrogen and oxygen atoms in total. The van der Waals surface area contributed by atoms with E-state index in [2.05, 4.69) is 26.0 Å². The summed E-state index contributed by atoms with van der Waals surface area (Å²) in [5.74, 6) is -1.38. The third-order valence-electron chi connectivity index (χ3n) is 7.15. The summed E-state index contributed by atoms with van der Waals surface area (Å²) < 4.78 is 23.0. The highest BCUT2D eigenvalue weighted by Gasteiger charge is 2.34. The second-order valence-electron chi connectivity index (χ2n) is 10.1. The molecule has 3 N–H and O–H groups in total. The first-order chi connectivity index (χ1) is 20.4. The maximum atomic E-state index is 15.3. The van der Waals surface area contributed by atoms with Crippen LogP contribution >= 0.6 is 0 Å². The third-order valence-corrected chi connectivity index (χ3v) is 7.15. The molecular weight excluding hydrogens is 537 g/mol. The molecule has 2 aliphatic heterocycles. The van der Waals surface area contributed by atoms with Crippen LogP contribution in [-0.4, -0.2) is 51.1 Å². The van der Waals surface area contributed by atoms with Gasteiger partial charge in [-0.1, -0.05) is 48.5 Å². The Hall–Kier alpha value is -5.06. The Morgan fingerprint density at radius 3 is 2.67 bits per heavy atom. The van der Waals surface area contributed by atoms with Gasteiger partial charge in [0.15, 0.2) is 0 Å². The fraction of sp³-hybridized carbons (Fsp3) is 0.258. The first-order valence-corrected chi connectivity index (χ1v) is 14.0. The number of fused-ring (bicyclic) bond motifs is 2. The Labute approximate surface area is 242 Å². The predicted molar refractivity (Wildman–Crippen MR) is 157 cm³/mol. The van der Waals surface area contributed by atoms with Gasteiger partial charge in [0.25, 0.3) is 11.8 Å². The Balaban J connectivity index is 1.43. The topological polar surface area (TPSA) is 123 Å². The Morgan fingerprint density at radius 1 is 1.10 bits per heavy atom. The van der Waals surface area contributed by atoms with Crippen LogP contribution in [0.15, 0.2) is 71.7 Å². The molecule has 0 saturated heterocycles. The number of para-hydroxylation sites is 1. The van der Waals surface area contributed by atoms with Gasteiger partial charge >= 0.3 is 0 Å². The van der Waals surface area contributed by atoms with Crippen molar-refractivity contribution >= 4 is 29.0 Å². The second-order valence-corrected chi connectivity index (χ2v) is 10.1. The van der Waals surface area contributed by atoms with Crippen molar-refractivity contribution in [2.45, 2.75) is 45.5 Å². The smallest absolute Gasteiger partial charge is 0.269 e. The molecule has 2 atom stereocenters. The summed E-state index contributed by atoms with van der Waals surface area (Å²) in [6, 6.07) is 19.9. The second kappa shape index (κ2) is 11.4. The van der Waals surface area contributed by atoms with Crippen LogP contribution in [0.1, 0.15) is 48.2 Å². The van der Waals surface area contributed by atoms with Gasteiger partial charge in [-0.05, 0) is 44.9 Å². The van der Waals surface area contributed by atoms with Crippen molar-refractivity contribution in [3.05, 3.63) is 89.4 Å². The van der Waals surface area contributed by atoms with Crippen LogP contribution in [0.3, 0.4) is 0 Å². The van der Waals surface area contributed by atoms with E-state index in [1.54, 1.807) is 16.8 Å². The number of anilines is 2. The average molecular weight is 568 g/mol. The number of rotatable bonds is 6. The van der Waals surface area contributed by atoms with Gasteiger partial charge < -0.3 is 20.7 Å². The number of amides is 2. The van der Waals surface area contributed by atoms with Crippen molar-refractivity contribution in [1.82, 2.24) is 20.1 Å². The summed E-state index contributed by atoms with van der Waals surface area (Å²) >= 11 is 0. The first-order valence-electron chi connectivity index (χ1n) is 14.0. The molecule has 42 heavy (non-hydrogen) atoms. The summed E-state index contributed by atoms with van der Waals surface area (Å²) in [5.41, 5.74) is 2.77. The van der Waals surface area contributed by atoms with E-state index in [0.29, 0.717) is 30.3 Å². The molecule has 6 rings (SSSR count). The number of hydrogen-bond donors (Lipinski definition) is 3. The molecule has 0 saturated carbocycles. The lowest BCUT2D eigenvalue weighted by atomic mass is 10.0. The molecule has 2 aromatic heterocycles. The number of pyridine rings is 1. The summed E-state index contributed by atoms with van der Waals surface area (Å²) in [7, 11) is 0. The van der Waals surface area contributed by atoms with Crippen LogP contribution in [0.2, 0.25) is 0 Å². The highest BCUT2D eigenvalue weighted by molar-refractivity contribution is 6.20. The minimum Gasteiger partial charge on any atom is -0.474 e. The number of benzene rings is 2. The van der Waals surface area contributed by atoms with E-state index in [1.165, 1.54) is 6.07 Å². The lowest BCUT2D eigenvalue weighted by Gasteiger charge is -2.16. The van der Waals surface area contributed by atoms with E-state index >= 15 is 4.39 Å². The van der Waals surface area contributed by atoms with E-state index in [-0.39, 0.29) is 28.8 Å². The lowest BCUT2D eigenvalue weighted by Crippen LogP contribution is -2.42. The van der Waals surface area contributed by atoms with E-state index < -0.39 is 23.9 Å². The van der Waals surface area contributed by atoms with E-state index in [4.69, 9.17) is 9.73 Å². The minimum atomic E-state index is -1.29. The lowest BCUT2D eigenvalue weighted by molar-refractivity contribution is -0.117. The molecule has 4 aromatic rings. The monoisotopic (exact) mass is 567 g/mol. The van der Waals surface area contributed by atoms with Crippen LogP contribution in [0.5, 0.6) is 5.88 Å². The molecule has 11 heteroatoms.